The Hall–Kier alpha value is -1.04. The van der Waals surface area contributed by atoms with Gasteiger partial charge in [0.15, 0.2) is 11.5 Å². The largest absolute Gasteiger partial charge is 0.486 e. The van der Waals surface area contributed by atoms with Gasteiger partial charge in [-0.15, -0.1) is 0 Å². The highest BCUT2D eigenvalue weighted by Crippen LogP contribution is 2.41. The summed E-state index contributed by atoms with van der Waals surface area (Å²) in [5.41, 5.74) is 2.36. The molecule has 0 spiro atoms. The van der Waals surface area contributed by atoms with E-state index in [1.807, 2.05) is 12.1 Å². The predicted molar refractivity (Wildman–Crippen MR) is 85.0 cm³/mol. The third-order valence-corrected chi connectivity index (χ3v) is 5.02. The van der Waals surface area contributed by atoms with E-state index in [0.29, 0.717) is 13.2 Å². The first-order chi connectivity index (χ1) is 9.81. The van der Waals surface area contributed by atoms with Crippen LogP contribution >= 0.6 is 27.3 Å². The number of halogens is 1. The molecule has 5 heteroatoms. The molecule has 1 atom stereocenters. The second-order valence-electron chi connectivity index (χ2n) is 4.54. The van der Waals surface area contributed by atoms with Crippen molar-refractivity contribution in [1.29, 1.82) is 0 Å². The van der Waals surface area contributed by atoms with Crippen LogP contribution in [0.2, 0.25) is 0 Å². The molecular weight excluding hydrogens is 338 g/mol. The molecule has 0 aliphatic carbocycles. The van der Waals surface area contributed by atoms with Gasteiger partial charge in [0.2, 0.25) is 0 Å². The van der Waals surface area contributed by atoms with E-state index in [9.17, 15) is 0 Å². The average Bonchev–Trinajstić information content (AvgIpc) is 2.90. The molecule has 20 heavy (non-hydrogen) atoms. The van der Waals surface area contributed by atoms with E-state index < -0.39 is 0 Å². The summed E-state index contributed by atoms with van der Waals surface area (Å²) in [6.45, 7) is 4.22. The first-order valence-electron chi connectivity index (χ1n) is 6.64. The van der Waals surface area contributed by atoms with Crippen molar-refractivity contribution in [2.75, 3.05) is 19.8 Å². The predicted octanol–water partition coefficient (Wildman–Crippen LogP) is 3.98. The Morgan fingerprint density at radius 3 is 2.85 bits per heavy atom. The summed E-state index contributed by atoms with van der Waals surface area (Å²) >= 11 is 5.32. The van der Waals surface area contributed by atoms with Crippen molar-refractivity contribution in [2.45, 2.75) is 13.0 Å². The van der Waals surface area contributed by atoms with Crippen molar-refractivity contribution in [3.63, 3.8) is 0 Å². The number of hydrogen-bond acceptors (Lipinski definition) is 4. The number of hydrogen-bond donors (Lipinski definition) is 1. The maximum atomic E-state index is 5.84. The van der Waals surface area contributed by atoms with Crippen LogP contribution in [-0.2, 0) is 0 Å². The lowest BCUT2D eigenvalue weighted by Gasteiger charge is -2.25. The van der Waals surface area contributed by atoms with Gasteiger partial charge in [-0.2, -0.15) is 11.3 Å². The lowest BCUT2D eigenvalue weighted by molar-refractivity contribution is 0.169. The summed E-state index contributed by atoms with van der Waals surface area (Å²) in [4.78, 5) is 0. The number of rotatable bonds is 4. The summed E-state index contributed by atoms with van der Waals surface area (Å²) in [5.74, 6) is 1.70. The van der Waals surface area contributed by atoms with Crippen molar-refractivity contribution in [3.8, 4) is 11.5 Å². The summed E-state index contributed by atoms with van der Waals surface area (Å²) < 4.78 is 12.6. The fourth-order valence-electron chi connectivity index (χ4n) is 2.41. The molecule has 1 aromatic carbocycles. The van der Waals surface area contributed by atoms with Gasteiger partial charge < -0.3 is 14.8 Å². The minimum atomic E-state index is 0.109. The Labute approximate surface area is 131 Å². The zero-order valence-electron chi connectivity index (χ0n) is 11.2. The highest BCUT2D eigenvalue weighted by molar-refractivity contribution is 9.10. The van der Waals surface area contributed by atoms with Crippen molar-refractivity contribution >= 4 is 27.3 Å². The SMILES string of the molecule is CCNC(c1cscc1Br)c1cccc2c1OCCO2. The number of nitrogens with one attached hydrogen (secondary N) is 1. The second-order valence-corrected chi connectivity index (χ2v) is 6.14. The summed E-state index contributed by atoms with van der Waals surface area (Å²) in [6, 6.07) is 6.19. The van der Waals surface area contributed by atoms with E-state index in [1.54, 1.807) is 11.3 Å². The molecule has 106 valence electrons. The summed E-state index contributed by atoms with van der Waals surface area (Å²) in [5, 5.41) is 7.80. The number of thiophene rings is 1. The van der Waals surface area contributed by atoms with Crippen molar-refractivity contribution in [3.05, 3.63) is 44.6 Å². The average molecular weight is 354 g/mol. The first kappa shape index (κ1) is 13.9. The van der Waals surface area contributed by atoms with Gasteiger partial charge >= 0.3 is 0 Å². The molecule has 0 amide bonds. The number of fused-ring (bicyclic) bond motifs is 1. The molecule has 0 fully saturated rings. The smallest absolute Gasteiger partial charge is 0.166 e. The Morgan fingerprint density at radius 1 is 1.25 bits per heavy atom. The highest BCUT2D eigenvalue weighted by atomic mass is 79.9. The summed E-state index contributed by atoms with van der Waals surface area (Å²) in [6.07, 6.45) is 0. The van der Waals surface area contributed by atoms with E-state index >= 15 is 0 Å². The zero-order valence-corrected chi connectivity index (χ0v) is 13.6. The molecule has 2 aromatic rings. The Balaban J connectivity index is 2.06. The minimum absolute atomic E-state index is 0.109. The molecule has 2 heterocycles. The van der Waals surface area contributed by atoms with Gasteiger partial charge in [0, 0.05) is 15.4 Å². The lowest BCUT2D eigenvalue weighted by Crippen LogP contribution is -2.24. The molecule has 1 N–H and O–H groups in total. The van der Waals surface area contributed by atoms with Gasteiger partial charge in [-0.3, -0.25) is 0 Å². The van der Waals surface area contributed by atoms with E-state index in [1.165, 1.54) is 5.56 Å². The van der Waals surface area contributed by atoms with E-state index in [4.69, 9.17) is 9.47 Å². The molecule has 1 unspecified atom stereocenters. The van der Waals surface area contributed by atoms with E-state index in [-0.39, 0.29) is 6.04 Å². The molecule has 1 aliphatic rings. The molecule has 0 saturated carbocycles. The van der Waals surface area contributed by atoms with Crippen molar-refractivity contribution in [2.24, 2.45) is 0 Å². The van der Waals surface area contributed by atoms with Crippen LogP contribution in [0.1, 0.15) is 24.1 Å². The number of ether oxygens (including phenoxy) is 2. The lowest BCUT2D eigenvalue weighted by atomic mass is 9.99. The molecule has 1 aromatic heterocycles. The van der Waals surface area contributed by atoms with Gasteiger partial charge in [-0.1, -0.05) is 19.1 Å². The van der Waals surface area contributed by atoms with E-state index in [2.05, 4.69) is 45.0 Å². The van der Waals surface area contributed by atoms with Gasteiger partial charge in [0.1, 0.15) is 13.2 Å². The van der Waals surface area contributed by atoms with Gasteiger partial charge in [0.05, 0.1) is 6.04 Å². The van der Waals surface area contributed by atoms with Gasteiger partial charge in [0.25, 0.3) is 0 Å². The normalized spacial score (nSPS) is 15.1. The molecular formula is C15H16BrNO2S. The van der Waals surface area contributed by atoms with Gasteiger partial charge in [-0.05, 0) is 39.5 Å². The highest BCUT2D eigenvalue weighted by Gasteiger charge is 2.24. The second kappa shape index (κ2) is 6.16. The molecule has 0 bridgehead atoms. The van der Waals surface area contributed by atoms with Crippen LogP contribution in [0.3, 0.4) is 0 Å². The third kappa shape index (κ3) is 2.57. The molecule has 3 nitrogen and oxygen atoms in total. The van der Waals surface area contributed by atoms with Crippen LogP contribution in [0, 0.1) is 0 Å². The van der Waals surface area contributed by atoms with Crippen molar-refractivity contribution in [1.82, 2.24) is 5.32 Å². The molecule has 0 radical (unpaired) electrons. The van der Waals surface area contributed by atoms with Crippen LogP contribution in [0.5, 0.6) is 11.5 Å². The van der Waals surface area contributed by atoms with Gasteiger partial charge in [-0.25, -0.2) is 0 Å². The van der Waals surface area contributed by atoms with Crippen LogP contribution in [-0.4, -0.2) is 19.8 Å². The zero-order chi connectivity index (χ0) is 13.9. The van der Waals surface area contributed by atoms with Crippen molar-refractivity contribution < 1.29 is 9.47 Å². The fraction of sp³-hybridized carbons (Fsp3) is 0.333. The fourth-order valence-corrected chi connectivity index (χ4v) is 3.96. The van der Waals surface area contributed by atoms with Crippen LogP contribution in [0.4, 0.5) is 0 Å². The summed E-state index contributed by atoms with van der Waals surface area (Å²) in [7, 11) is 0. The molecule has 1 aliphatic heterocycles. The quantitative estimate of drug-likeness (QED) is 0.901. The van der Waals surface area contributed by atoms with E-state index in [0.717, 1.165) is 28.1 Å². The van der Waals surface area contributed by atoms with Crippen LogP contribution < -0.4 is 14.8 Å². The number of para-hydroxylation sites is 1. The molecule has 0 saturated heterocycles. The molecule has 3 rings (SSSR count). The monoisotopic (exact) mass is 353 g/mol. The number of benzene rings is 1. The third-order valence-electron chi connectivity index (χ3n) is 3.27. The maximum Gasteiger partial charge on any atom is 0.166 e. The van der Waals surface area contributed by atoms with Crippen LogP contribution in [0.15, 0.2) is 33.4 Å². The topological polar surface area (TPSA) is 30.5 Å². The minimum Gasteiger partial charge on any atom is -0.486 e. The standard InChI is InChI=1S/C15H16BrNO2S/c1-2-17-14(11-8-20-9-12(11)16)10-4-3-5-13-15(10)19-7-6-18-13/h3-5,8-9,14,17H,2,6-7H2,1H3. The first-order valence-corrected chi connectivity index (χ1v) is 8.38. The van der Waals surface area contributed by atoms with Crippen LogP contribution in [0.25, 0.3) is 0 Å². The Kier molecular flexibility index (Phi) is 4.29. The Bertz CT molecular complexity index is 599. The Morgan fingerprint density at radius 2 is 2.10 bits per heavy atom. The maximum absolute atomic E-state index is 5.84.